The summed E-state index contributed by atoms with van der Waals surface area (Å²) < 4.78 is 36.8. The second-order valence-electron chi connectivity index (χ2n) is 5.62. The van der Waals surface area contributed by atoms with Gasteiger partial charge in [-0.1, -0.05) is 17.7 Å². The van der Waals surface area contributed by atoms with Crippen LogP contribution in [0.3, 0.4) is 0 Å². The minimum absolute atomic E-state index is 0.178. The molecule has 0 spiro atoms. The second kappa shape index (κ2) is 8.11. The molecule has 0 heterocycles. The molecule has 0 N–H and O–H groups in total. The van der Waals surface area contributed by atoms with Crippen molar-refractivity contribution in [3.63, 3.8) is 0 Å². The SMILES string of the molecule is CC(=O)OCC[N+](C)(C)C.Cc1ccc(S(=O)(=O)[O-])cc1. The fraction of sp³-hybridized carbons (Fsp3) is 0.500. The van der Waals surface area contributed by atoms with E-state index in [9.17, 15) is 17.8 Å². The maximum absolute atomic E-state index is 10.4. The van der Waals surface area contributed by atoms with Gasteiger partial charge in [0.05, 0.1) is 26.0 Å². The van der Waals surface area contributed by atoms with Gasteiger partial charge in [0.25, 0.3) is 0 Å². The number of rotatable bonds is 4. The number of hydrogen-bond acceptors (Lipinski definition) is 5. The lowest BCUT2D eigenvalue weighted by Gasteiger charge is -2.23. The molecule has 0 atom stereocenters. The summed E-state index contributed by atoms with van der Waals surface area (Å²) in [6.07, 6.45) is 0. The van der Waals surface area contributed by atoms with Gasteiger partial charge < -0.3 is 13.8 Å². The number of carbonyl (C=O) groups excluding carboxylic acids is 1. The fourth-order valence-electron chi connectivity index (χ4n) is 1.17. The number of nitrogens with zero attached hydrogens (tertiary/aromatic N) is 1. The van der Waals surface area contributed by atoms with Crippen molar-refractivity contribution in [2.45, 2.75) is 18.7 Å². The minimum Gasteiger partial charge on any atom is -0.744 e. The Bertz CT molecular complexity index is 544. The van der Waals surface area contributed by atoms with Crippen molar-refractivity contribution in [2.24, 2.45) is 0 Å². The molecule has 21 heavy (non-hydrogen) atoms. The predicted molar refractivity (Wildman–Crippen MR) is 78.7 cm³/mol. The first-order valence-corrected chi connectivity index (χ1v) is 7.79. The molecular weight excluding hydrogens is 294 g/mol. The van der Waals surface area contributed by atoms with Crippen LogP contribution < -0.4 is 0 Å². The zero-order valence-corrected chi connectivity index (χ0v) is 13.9. The molecule has 0 saturated carbocycles. The highest BCUT2D eigenvalue weighted by atomic mass is 32.2. The van der Waals surface area contributed by atoms with Crippen LogP contribution in [0.25, 0.3) is 0 Å². The molecule has 0 aromatic heterocycles. The standard InChI is InChI=1S/C7H16NO2.C7H8O3S/c1-7(9)10-6-5-8(2,3)4;1-6-2-4-7(5-3-6)11(8,9)10/h5-6H2,1-4H3;2-5H,1H3,(H,8,9,10)/q+1;/p-1. The molecule has 1 aromatic rings. The lowest BCUT2D eigenvalue weighted by molar-refractivity contribution is -0.870. The van der Waals surface area contributed by atoms with E-state index < -0.39 is 10.1 Å². The van der Waals surface area contributed by atoms with Crippen LogP contribution in [0.4, 0.5) is 0 Å². The Morgan fingerprint density at radius 3 is 2.00 bits per heavy atom. The van der Waals surface area contributed by atoms with Crippen molar-refractivity contribution in [1.29, 1.82) is 0 Å². The maximum Gasteiger partial charge on any atom is 0.302 e. The Labute approximate surface area is 126 Å². The van der Waals surface area contributed by atoms with Crippen LogP contribution in [-0.4, -0.2) is 57.7 Å². The van der Waals surface area contributed by atoms with Crippen molar-refractivity contribution < 1.29 is 27.0 Å². The molecule has 0 aliphatic heterocycles. The Kier molecular flexibility index (Phi) is 7.56. The van der Waals surface area contributed by atoms with Crippen molar-refractivity contribution in [2.75, 3.05) is 34.3 Å². The van der Waals surface area contributed by atoms with Crippen molar-refractivity contribution >= 4 is 16.1 Å². The van der Waals surface area contributed by atoms with E-state index in [1.807, 2.05) is 6.92 Å². The molecule has 6 nitrogen and oxygen atoms in total. The average molecular weight is 317 g/mol. The smallest absolute Gasteiger partial charge is 0.302 e. The Hall–Kier alpha value is -1.44. The summed E-state index contributed by atoms with van der Waals surface area (Å²) in [5, 5.41) is 0. The van der Waals surface area contributed by atoms with Gasteiger partial charge in [-0.3, -0.25) is 4.79 Å². The van der Waals surface area contributed by atoms with Gasteiger partial charge in [0, 0.05) is 6.92 Å². The van der Waals surface area contributed by atoms with Crippen molar-refractivity contribution in [1.82, 2.24) is 0 Å². The molecule has 0 fully saturated rings. The number of esters is 1. The number of benzene rings is 1. The predicted octanol–water partition coefficient (Wildman–Crippen LogP) is 1.15. The van der Waals surface area contributed by atoms with E-state index in [0.717, 1.165) is 16.6 Å². The lowest BCUT2D eigenvalue weighted by atomic mass is 10.2. The molecule has 1 aromatic carbocycles. The number of aryl methyl sites for hydroxylation is 1. The molecule has 0 radical (unpaired) electrons. The Balaban J connectivity index is 0.000000384. The van der Waals surface area contributed by atoms with E-state index in [-0.39, 0.29) is 10.9 Å². The first-order chi connectivity index (χ1) is 9.42. The average Bonchev–Trinajstić information content (AvgIpc) is 2.26. The zero-order chi connectivity index (χ0) is 16.7. The molecule has 0 bridgehead atoms. The van der Waals surface area contributed by atoms with Crippen molar-refractivity contribution in [3.8, 4) is 0 Å². The topological polar surface area (TPSA) is 83.5 Å². The second-order valence-corrected chi connectivity index (χ2v) is 7.00. The van der Waals surface area contributed by atoms with Gasteiger partial charge in [-0.05, 0) is 19.1 Å². The summed E-state index contributed by atoms with van der Waals surface area (Å²) in [4.78, 5) is 10.1. The van der Waals surface area contributed by atoms with Crippen LogP contribution in [0.5, 0.6) is 0 Å². The minimum atomic E-state index is -4.27. The number of quaternary nitrogens is 1. The summed E-state index contributed by atoms with van der Waals surface area (Å²) >= 11 is 0. The first kappa shape index (κ1) is 19.6. The monoisotopic (exact) mass is 317 g/mol. The van der Waals surface area contributed by atoms with Crippen LogP contribution >= 0.6 is 0 Å². The van der Waals surface area contributed by atoms with Gasteiger partial charge >= 0.3 is 5.97 Å². The quantitative estimate of drug-likeness (QED) is 0.472. The van der Waals surface area contributed by atoms with Crippen LogP contribution in [0.1, 0.15) is 12.5 Å². The molecule has 0 aliphatic rings. The molecule has 0 aliphatic carbocycles. The highest BCUT2D eigenvalue weighted by molar-refractivity contribution is 7.85. The molecule has 0 saturated heterocycles. The summed E-state index contributed by atoms with van der Waals surface area (Å²) in [6.45, 7) is 4.62. The van der Waals surface area contributed by atoms with Crippen molar-refractivity contribution in [3.05, 3.63) is 29.8 Å². The molecule has 1 rings (SSSR count). The summed E-state index contributed by atoms with van der Waals surface area (Å²) in [6, 6.07) is 5.78. The Morgan fingerprint density at radius 1 is 1.19 bits per heavy atom. The van der Waals surface area contributed by atoms with E-state index in [4.69, 9.17) is 4.74 Å². The molecule has 0 unspecified atom stereocenters. The van der Waals surface area contributed by atoms with E-state index in [1.165, 1.54) is 19.1 Å². The third-order valence-electron chi connectivity index (χ3n) is 2.38. The molecular formula is C14H23NO5S. The molecule has 7 heteroatoms. The van der Waals surface area contributed by atoms with Gasteiger partial charge in [-0.25, -0.2) is 8.42 Å². The van der Waals surface area contributed by atoms with Crippen LogP contribution in [0, 0.1) is 6.92 Å². The maximum atomic E-state index is 10.4. The van der Waals surface area contributed by atoms with E-state index in [0.29, 0.717) is 6.61 Å². The van der Waals surface area contributed by atoms with E-state index >= 15 is 0 Å². The number of ether oxygens (including phenoxy) is 1. The summed E-state index contributed by atoms with van der Waals surface area (Å²) in [7, 11) is 1.91. The lowest BCUT2D eigenvalue weighted by Crippen LogP contribution is -2.37. The van der Waals surface area contributed by atoms with Gasteiger partial charge in [0.15, 0.2) is 0 Å². The fourth-order valence-corrected chi connectivity index (χ4v) is 1.64. The number of carbonyl (C=O) groups is 1. The van der Waals surface area contributed by atoms with Gasteiger partial charge in [-0.2, -0.15) is 0 Å². The van der Waals surface area contributed by atoms with E-state index in [1.54, 1.807) is 12.1 Å². The van der Waals surface area contributed by atoms with Gasteiger partial charge in [0.2, 0.25) is 0 Å². The van der Waals surface area contributed by atoms with E-state index in [2.05, 4.69) is 21.1 Å². The van der Waals surface area contributed by atoms with Crippen LogP contribution in [-0.2, 0) is 19.6 Å². The Morgan fingerprint density at radius 2 is 1.67 bits per heavy atom. The number of likely N-dealkylation sites (N-methyl/N-ethyl adjacent to an activating group) is 1. The summed E-state index contributed by atoms with van der Waals surface area (Å²) in [5.41, 5.74) is 0.928. The largest absolute Gasteiger partial charge is 0.744 e. The highest BCUT2D eigenvalue weighted by Gasteiger charge is 2.06. The summed E-state index contributed by atoms with van der Waals surface area (Å²) in [5.74, 6) is -0.201. The third-order valence-corrected chi connectivity index (χ3v) is 3.23. The van der Waals surface area contributed by atoms with Gasteiger partial charge in [-0.15, -0.1) is 0 Å². The van der Waals surface area contributed by atoms with Crippen LogP contribution in [0.15, 0.2) is 29.2 Å². The van der Waals surface area contributed by atoms with Crippen LogP contribution in [0.2, 0.25) is 0 Å². The van der Waals surface area contributed by atoms with Gasteiger partial charge in [0.1, 0.15) is 23.3 Å². The molecule has 120 valence electrons. The number of hydrogen-bond donors (Lipinski definition) is 0. The highest BCUT2D eigenvalue weighted by Crippen LogP contribution is 2.08. The normalized spacial score (nSPS) is 11.3. The zero-order valence-electron chi connectivity index (χ0n) is 13.1. The molecule has 0 amide bonds. The third kappa shape index (κ3) is 10.9. The first-order valence-electron chi connectivity index (χ1n) is 6.38.